The Labute approximate surface area is 304 Å². The first-order valence-electron chi connectivity index (χ1n) is 19.4. The van der Waals surface area contributed by atoms with Crippen LogP contribution in [0.3, 0.4) is 0 Å². The Bertz CT molecular complexity index is 1330. The number of carbonyl (C=O) groups is 2. The van der Waals surface area contributed by atoms with Gasteiger partial charge in [-0.05, 0) is 115 Å². The Balaban J connectivity index is 0.000000274. The summed E-state index contributed by atoms with van der Waals surface area (Å²) in [5.41, 5.74) is 8.88. The van der Waals surface area contributed by atoms with Crippen LogP contribution in [0.5, 0.6) is 0 Å². The van der Waals surface area contributed by atoms with Crippen LogP contribution < -0.4 is 0 Å². The number of carboxylic acid groups (broad SMARTS) is 1. The van der Waals surface area contributed by atoms with Gasteiger partial charge in [-0.25, -0.2) is 0 Å². The second-order valence-electron chi connectivity index (χ2n) is 16.9. The van der Waals surface area contributed by atoms with E-state index in [2.05, 4.69) is 79.7 Å². The second-order valence-corrected chi connectivity index (χ2v) is 16.9. The molecule has 4 rings (SSSR count). The van der Waals surface area contributed by atoms with Crippen molar-refractivity contribution in [1.29, 1.82) is 0 Å². The fraction of sp³-hybridized carbons (Fsp3) is 0.682. The summed E-state index contributed by atoms with van der Waals surface area (Å²) in [6.07, 6.45) is 11.1. The number of rotatable bonds is 14. The van der Waals surface area contributed by atoms with E-state index < -0.39 is 11.6 Å². The lowest BCUT2D eigenvalue weighted by atomic mass is 9.85. The summed E-state index contributed by atoms with van der Waals surface area (Å²) in [6, 6.07) is 8.80. The van der Waals surface area contributed by atoms with E-state index in [0.29, 0.717) is 55.5 Å². The Hall–Kier alpha value is -2.70. The van der Waals surface area contributed by atoms with E-state index in [9.17, 15) is 14.7 Å². The van der Waals surface area contributed by atoms with Crippen LogP contribution in [0.25, 0.3) is 0 Å². The lowest BCUT2D eigenvalue weighted by molar-refractivity contribution is -0.154. The molecule has 0 spiro atoms. The zero-order chi connectivity index (χ0) is 37.2. The fourth-order valence-corrected chi connectivity index (χ4v) is 7.41. The topological polar surface area (TPSA) is 82.1 Å². The zero-order valence-electron chi connectivity index (χ0n) is 33.2. The molecule has 0 heterocycles. The molecule has 0 unspecified atom stereocenters. The molecule has 1 N–H and O–H groups in total. The lowest BCUT2D eigenvalue weighted by Gasteiger charge is -2.24. The molecule has 0 bridgehead atoms. The van der Waals surface area contributed by atoms with E-state index in [1.807, 2.05) is 20.8 Å². The van der Waals surface area contributed by atoms with Gasteiger partial charge in [-0.2, -0.15) is 0 Å². The van der Waals surface area contributed by atoms with Crippen molar-refractivity contribution in [3.8, 4) is 0 Å². The molecule has 0 radical (unpaired) electrons. The Morgan fingerprint density at radius 2 is 0.940 bits per heavy atom. The highest BCUT2D eigenvalue weighted by Crippen LogP contribution is 2.33. The van der Waals surface area contributed by atoms with E-state index in [0.717, 1.165) is 22.3 Å². The molecule has 2 aliphatic carbocycles. The molecule has 2 saturated carbocycles. The highest BCUT2D eigenvalue weighted by Gasteiger charge is 2.24. The number of carbonyl (C=O) groups excluding carboxylic acids is 1. The van der Waals surface area contributed by atoms with Crippen molar-refractivity contribution in [3.05, 3.63) is 68.8 Å². The maximum absolute atomic E-state index is 12.5. The third-order valence-corrected chi connectivity index (χ3v) is 9.89. The summed E-state index contributed by atoms with van der Waals surface area (Å²) in [6.45, 7) is 24.4. The minimum Gasteiger partial charge on any atom is -0.481 e. The third kappa shape index (κ3) is 13.1. The van der Waals surface area contributed by atoms with Crippen LogP contribution in [0.4, 0.5) is 0 Å². The average molecular weight is 693 g/mol. The van der Waals surface area contributed by atoms with Gasteiger partial charge in [0.05, 0.1) is 38.3 Å². The predicted octanol–water partition coefficient (Wildman–Crippen LogP) is 11.3. The number of carboxylic acids is 1. The zero-order valence-corrected chi connectivity index (χ0v) is 33.2. The molecule has 50 heavy (non-hydrogen) atoms. The maximum Gasteiger partial charge on any atom is 0.310 e. The number of hydrogen-bond acceptors (Lipinski definition) is 5. The Morgan fingerprint density at radius 1 is 0.620 bits per heavy atom. The summed E-state index contributed by atoms with van der Waals surface area (Å²) in [7, 11) is 0. The summed E-state index contributed by atoms with van der Waals surface area (Å²) >= 11 is 0. The van der Waals surface area contributed by atoms with Gasteiger partial charge in [0, 0.05) is 0 Å². The summed E-state index contributed by atoms with van der Waals surface area (Å²) in [4.78, 5) is 23.8. The van der Waals surface area contributed by atoms with E-state index in [-0.39, 0.29) is 12.4 Å². The van der Waals surface area contributed by atoms with Crippen LogP contribution in [0.1, 0.15) is 196 Å². The highest BCUT2D eigenvalue weighted by atomic mass is 16.6. The molecule has 6 heteroatoms. The monoisotopic (exact) mass is 693 g/mol. The molecule has 6 nitrogen and oxygen atoms in total. The predicted molar refractivity (Wildman–Crippen MR) is 204 cm³/mol. The van der Waals surface area contributed by atoms with Gasteiger partial charge in [0.2, 0.25) is 0 Å². The van der Waals surface area contributed by atoms with Gasteiger partial charge in [0.25, 0.3) is 0 Å². The van der Waals surface area contributed by atoms with Crippen molar-refractivity contribution in [1.82, 2.24) is 0 Å². The molecule has 2 aliphatic rings. The number of esters is 1. The maximum atomic E-state index is 12.5. The van der Waals surface area contributed by atoms with Crippen LogP contribution in [0.15, 0.2) is 24.3 Å². The van der Waals surface area contributed by atoms with Gasteiger partial charge in [0.1, 0.15) is 5.60 Å². The average Bonchev–Trinajstić information content (AvgIpc) is 3.73. The first-order chi connectivity index (χ1) is 23.4. The number of aliphatic carboxylic acids is 1. The fourth-order valence-electron chi connectivity index (χ4n) is 7.41. The van der Waals surface area contributed by atoms with Crippen LogP contribution in [-0.2, 0) is 49.9 Å². The van der Waals surface area contributed by atoms with Crippen molar-refractivity contribution in [2.24, 2.45) is 0 Å². The molecular weight excluding hydrogens is 624 g/mol. The molecular formula is C44H68O6. The van der Waals surface area contributed by atoms with E-state index in [4.69, 9.17) is 14.2 Å². The van der Waals surface area contributed by atoms with Gasteiger partial charge >= 0.3 is 11.9 Å². The molecule has 0 aromatic heterocycles. The molecule has 0 saturated heterocycles. The van der Waals surface area contributed by atoms with E-state index in [1.54, 1.807) is 0 Å². The number of ether oxygens (including phenoxy) is 3. The standard InChI is InChI=1S/C24H38O3.C20H30O3/c1-16(2)20-12-18(15-26-19-10-8-9-11-19)13-21(17(3)4)22(20)14-23(25)27-24(5,6)7;1-13(2)17-9-15(12-23-16-7-5-6-8-16)10-18(14(3)4)19(17)11-20(21)22/h12-13,16-17,19H,8-11,14-15H2,1-7H3;9-10,13-14,16H,5-8,11-12H2,1-4H3,(H,21,22). The molecule has 2 aromatic rings. The SMILES string of the molecule is CC(C)c1cc(COC2CCCC2)cc(C(C)C)c1CC(=O)O.CC(C)c1cc(COC2CCCC2)cc(C(C)C)c1CC(=O)OC(C)(C)C. The minimum atomic E-state index is -0.760. The van der Waals surface area contributed by atoms with Crippen LogP contribution >= 0.6 is 0 Å². The Kier molecular flexibility index (Phi) is 16.0. The summed E-state index contributed by atoms with van der Waals surface area (Å²) in [5.74, 6) is 0.421. The van der Waals surface area contributed by atoms with E-state index in [1.165, 1.54) is 73.6 Å². The Morgan fingerprint density at radius 3 is 1.22 bits per heavy atom. The van der Waals surface area contributed by atoms with Gasteiger partial charge in [-0.1, -0.05) is 105 Å². The molecule has 280 valence electrons. The second kappa shape index (κ2) is 19.2. The van der Waals surface area contributed by atoms with Crippen LogP contribution in [-0.4, -0.2) is 34.9 Å². The molecule has 2 aromatic carbocycles. The number of hydrogen-bond donors (Lipinski definition) is 1. The van der Waals surface area contributed by atoms with Crippen molar-refractivity contribution in [2.45, 2.75) is 195 Å². The van der Waals surface area contributed by atoms with Crippen LogP contribution in [0.2, 0.25) is 0 Å². The van der Waals surface area contributed by atoms with E-state index >= 15 is 0 Å². The minimum absolute atomic E-state index is 0.102. The van der Waals surface area contributed by atoms with Gasteiger partial charge in [0.15, 0.2) is 0 Å². The first kappa shape index (κ1) is 41.7. The van der Waals surface area contributed by atoms with Crippen molar-refractivity contribution in [2.75, 3.05) is 0 Å². The van der Waals surface area contributed by atoms with Gasteiger partial charge < -0.3 is 19.3 Å². The van der Waals surface area contributed by atoms with Gasteiger partial charge in [-0.15, -0.1) is 0 Å². The van der Waals surface area contributed by atoms with Crippen molar-refractivity contribution < 1.29 is 28.9 Å². The smallest absolute Gasteiger partial charge is 0.310 e. The first-order valence-corrected chi connectivity index (χ1v) is 19.4. The van der Waals surface area contributed by atoms with Gasteiger partial charge in [-0.3, -0.25) is 9.59 Å². The molecule has 0 amide bonds. The largest absolute Gasteiger partial charge is 0.481 e. The molecule has 0 aliphatic heterocycles. The van der Waals surface area contributed by atoms with Crippen molar-refractivity contribution in [3.63, 3.8) is 0 Å². The van der Waals surface area contributed by atoms with Crippen molar-refractivity contribution >= 4 is 11.9 Å². The summed E-state index contributed by atoms with van der Waals surface area (Å²) in [5, 5.41) is 9.27. The highest BCUT2D eigenvalue weighted by molar-refractivity contribution is 5.74. The summed E-state index contributed by atoms with van der Waals surface area (Å²) < 4.78 is 17.8. The number of benzene rings is 2. The normalized spacial score (nSPS) is 15.7. The quantitative estimate of drug-likeness (QED) is 0.198. The lowest BCUT2D eigenvalue weighted by Crippen LogP contribution is -2.25. The molecule has 2 fully saturated rings. The van der Waals surface area contributed by atoms with Crippen LogP contribution in [0, 0.1) is 0 Å². The third-order valence-electron chi connectivity index (χ3n) is 9.89. The molecule has 0 atom stereocenters.